The fraction of sp³-hybridized carbons (Fsp3) is 0.391. The number of halogens is 1. The highest BCUT2D eigenvalue weighted by atomic mass is 35.5. The minimum Gasteiger partial charge on any atom is -0.488 e. The van der Waals surface area contributed by atoms with Crippen LogP contribution in [0.5, 0.6) is 5.75 Å². The first-order valence-corrected chi connectivity index (χ1v) is 10.4. The van der Waals surface area contributed by atoms with Crippen molar-refractivity contribution in [1.29, 1.82) is 0 Å². The van der Waals surface area contributed by atoms with E-state index >= 15 is 0 Å². The molecule has 1 saturated carbocycles. The van der Waals surface area contributed by atoms with Gasteiger partial charge in [0.05, 0.1) is 18.8 Å². The SMILES string of the molecule is COC(=O)c1ccc(O[C@@H]2C[C@@H]3CN(C(=O)c4cccc(Cl)c4)C[C@@H]3C[C@H]2O)cc1. The maximum atomic E-state index is 12.8. The van der Waals surface area contributed by atoms with Gasteiger partial charge in [0.25, 0.3) is 5.91 Å². The van der Waals surface area contributed by atoms with Crippen LogP contribution >= 0.6 is 11.6 Å². The van der Waals surface area contributed by atoms with Crippen LogP contribution in [0.3, 0.4) is 0 Å². The number of aliphatic hydroxyl groups excluding tert-OH is 1. The van der Waals surface area contributed by atoms with Crippen molar-refractivity contribution in [2.75, 3.05) is 20.2 Å². The predicted molar refractivity (Wildman–Crippen MR) is 112 cm³/mol. The number of hydrogen-bond donors (Lipinski definition) is 1. The summed E-state index contributed by atoms with van der Waals surface area (Å²) in [6, 6.07) is 13.7. The number of methoxy groups -OCH3 is 1. The van der Waals surface area contributed by atoms with Crippen LogP contribution in [0.1, 0.15) is 33.6 Å². The van der Waals surface area contributed by atoms with Crippen LogP contribution in [-0.4, -0.2) is 54.3 Å². The number of esters is 1. The molecular formula is C23H24ClNO5. The summed E-state index contributed by atoms with van der Waals surface area (Å²) in [6.45, 7) is 1.28. The van der Waals surface area contributed by atoms with Crippen molar-refractivity contribution in [3.63, 3.8) is 0 Å². The molecule has 7 heteroatoms. The number of fused-ring (bicyclic) bond motifs is 1. The first-order valence-electron chi connectivity index (χ1n) is 10.0. The molecular weight excluding hydrogens is 406 g/mol. The number of nitrogens with zero attached hydrogens (tertiary/aromatic N) is 1. The zero-order valence-electron chi connectivity index (χ0n) is 16.7. The maximum absolute atomic E-state index is 12.8. The van der Waals surface area contributed by atoms with Gasteiger partial charge in [-0.15, -0.1) is 0 Å². The van der Waals surface area contributed by atoms with E-state index in [1.165, 1.54) is 7.11 Å². The fourth-order valence-electron chi connectivity index (χ4n) is 4.45. The Kier molecular flexibility index (Phi) is 5.97. The lowest BCUT2D eigenvalue weighted by Crippen LogP contribution is -2.42. The number of benzene rings is 2. The number of rotatable bonds is 4. The molecule has 1 saturated heterocycles. The van der Waals surface area contributed by atoms with Crippen LogP contribution in [0, 0.1) is 11.8 Å². The molecule has 2 aromatic carbocycles. The van der Waals surface area contributed by atoms with E-state index in [9.17, 15) is 14.7 Å². The van der Waals surface area contributed by atoms with E-state index in [1.54, 1.807) is 48.5 Å². The van der Waals surface area contributed by atoms with E-state index in [4.69, 9.17) is 21.1 Å². The summed E-state index contributed by atoms with van der Waals surface area (Å²) in [6.07, 6.45) is 0.308. The van der Waals surface area contributed by atoms with Crippen molar-refractivity contribution >= 4 is 23.5 Å². The molecule has 1 aliphatic carbocycles. The van der Waals surface area contributed by atoms with Crippen molar-refractivity contribution < 1.29 is 24.2 Å². The minimum absolute atomic E-state index is 0.0303. The summed E-state index contributed by atoms with van der Waals surface area (Å²) in [5.41, 5.74) is 1.03. The van der Waals surface area contributed by atoms with E-state index < -0.39 is 12.1 Å². The summed E-state index contributed by atoms with van der Waals surface area (Å²) in [5, 5.41) is 11.2. The molecule has 2 fully saturated rings. The molecule has 0 aromatic heterocycles. The zero-order chi connectivity index (χ0) is 21.3. The van der Waals surface area contributed by atoms with E-state index in [1.807, 2.05) is 4.90 Å². The number of hydrogen-bond acceptors (Lipinski definition) is 5. The molecule has 6 nitrogen and oxygen atoms in total. The second-order valence-corrected chi connectivity index (χ2v) is 8.39. The second-order valence-electron chi connectivity index (χ2n) is 7.95. The molecule has 4 rings (SSSR count). The van der Waals surface area contributed by atoms with Gasteiger partial charge in [0.1, 0.15) is 11.9 Å². The number of carbonyl (C=O) groups excluding carboxylic acids is 2. The Morgan fingerprint density at radius 2 is 1.73 bits per heavy atom. The number of amides is 1. The van der Waals surface area contributed by atoms with Crippen molar-refractivity contribution in [2.24, 2.45) is 11.8 Å². The van der Waals surface area contributed by atoms with Gasteiger partial charge in [-0.25, -0.2) is 4.79 Å². The van der Waals surface area contributed by atoms with Crippen molar-refractivity contribution in [1.82, 2.24) is 4.90 Å². The molecule has 2 aromatic rings. The Hall–Kier alpha value is -2.57. The molecule has 2 aliphatic rings. The summed E-state index contributed by atoms with van der Waals surface area (Å²) < 4.78 is 10.7. The molecule has 1 N–H and O–H groups in total. The third-order valence-corrected chi connectivity index (χ3v) is 6.24. The first kappa shape index (κ1) is 20.7. The normalized spacial score (nSPS) is 25.5. The van der Waals surface area contributed by atoms with Crippen LogP contribution < -0.4 is 4.74 Å². The summed E-state index contributed by atoms with van der Waals surface area (Å²) in [7, 11) is 1.34. The van der Waals surface area contributed by atoms with Crippen molar-refractivity contribution in [3.05, 3.63) is 64.7 Å². The Morgan fingerprint density at radius 1 is 1.03 bits per heavy atom. The van der Waals surface area contributed by atoms with Gasteiger partial charge >= 0.3 is 5.97 Å². The van der Waals surface area contributed by atoms with E-state index in [-0.39, 0.29) is 23.8 Å². The molecule has 1 amide bonds. The fourth-order valence-corrected chi connectivity index (χ4v) is 4.64. The lowest BCUT2D eigenvalue weighted by atomic mass is 9.78. The van der Waals surface area contributed by atoms with Crippen molar-refractivity contribution in [3.8, 4) is 5.75 Å². The zero-order valence-corrected chi connectivity index (χ0v) is 17.4. The Bertz CT molecular complexity index is 931. The van der Waals surface area contributed by atoms with Crippen LogP contribution in [0.2, 0.25) is 5.02 Å². The lowest BCUT2D eigenvalue weighted by molar-refractivity contribution is -0.0231. The largest absolute Gasteiger partial charge is 0.488 e. The average Bonchev–Trinajstić information content (AvgIpc) is 3.16. The van der Waals surface area contributed by atoms with Gasteiger partial charge < -0.3 is 19.5 Å². The van der Waals surface area contributed by atoms with Crippen LogP contribution in [0.25, 0.3) is 0 Å². The Balaban J connectivity index is 1.40. The van der Waals surface area contributed by atoms with Gasteiger partial charge in [0.15, 0.2) is 0 Å². The highest BCUT2D eigenvalue weighted by Crippen LogP contribution is 2.38. The standard InChI is InChI=1S/C23H24ClNO5/c1-29-23(28)14-5-7-19(8-6-14)30-21-11-17-13-25(12-16(17)10-20(21)26)22(27)15-3-2-4-18(24)9-15/h2-9,16-17,20-21,26H,10-13H2,1H3/t16-,17+,20+,21+/m0/s1. The number of carbonyl (C=O) groups is 2. The van der Waals surface area contributed by atoms with E-state index in [0.717, 1.165) is 0 Å². The molecule has 0 spiro atoms. The number of aliphatic hydroxyl groups is 1. The third-order valence-electron chi connectivity index (χ3n) is 6.01. The molecule has 30 heavy (non-hydrogen) atoms. The van der Waals surface area contributed by atoms with Gasteiger partial charge in [-0.3, -0.25) is 4.79 Å². The third kappa shape index (κ3) is 4.30. The summed E-state index contributed by atoms with van der Waals surface area (Å²) >= 11 is 6.02. The first-order chi connectivity index (χ1) is 14.4. The van der Waals surface area contributed by atoms with Crippen molar-refractivity contribution in [2.45, 2.75) is 25.0 Å². The summed E-state index contributed by atoms with van der Waals surface area (Å²) in [4.78, 5) is 26.2. The Labute approximate surface area is 180 Å². The molecule has 0 radical (unpaired) electrons. The number of ether oxygens (including phenoxy) is 2. The number of likely N-dealkylation sites (tertiary alicyclic amines) is 1. The Morgan fingerprint density at radius 3 is 2.40 bits per heavy atom. The molecule has 0 bridgehead atoms. The highest BCUT2D eigenvalue weighted by molar-refractivity contribution is 6.30. The lowest BCUT2D eigenvalue weighted by Gasteiger charge is -2.35. The predicted octanol–water partition coefficient (Wildman–Crippen LogP) is 3.42. The quantitative estimate of drug-likeness (QED) is 0.754. The van der Waals surface area contributed by atoms with Crippen LogP contribution in [0.15, 0.2) is 48.5 Å². The van der Waals surface area contributed by atoms with E-state index in [2.05, 4.69) is 0 Å². The smallest absolute Gasteiger partial charge is 0.337 e. The van der Waals surface area contributed by atoms with Gasteiger partial charge in [-0.05, 0) is 67.1 Å². The molecule has 4 atom stereocenters. The maximum Gasteiger partial charge on any atom is 0.337 e. The summed E-state index contributed by atoms with van der Waals surface area (Å²) in [5.74, 6) is 0.685. The van der Waals surface area contributed by atoms with Crippen LogP contribution in [-0.2, 0) is 4.74 Å². The van der Waals surface area contributed by atoms with Gasteiger partial charge in [0.2, 0.25) is 0 Å². The molecule has 1 heterocycles. The molecule has 1 aliphatic heterocycles. The van der Waals surface area contributed by atoms with Gasteiger partial charge in [0, 0.05) is 23.7 Å². The minimum atomic E-state index is -0.604. The highest BCUT2D eigenvalue weighted by Gasteiger charge is 2.44. The second kappa shape index (κ2) is 8.66. The van der Waals surface area contributed by atoms with Crippen LogP contribution in [0.4, 0.5) is 0 Å². The molecule has 158 valence electrons. The average molecular weight is 430 g/mol. The molecule has 0 unspecified atom stereocenters. The van der Waals surface area contributed by atoms with Gasteiger partial charge in [-0.2, -0.15) is 0 Å². The monoisotopic (exact) mass is 429 g/mol. The van der Waals surface area contributed by atoms with E-state index in [0.29, 0.717) is 47.8 Å². The topological polar surface area (TPSA) is 76.1 Å². The van der Waals surface area contributed by atoms with Gasteiger partial charge in [-0.1, -0.05) is 17.7 Å².